The fourth-order valence-corrected chi connectivity index (χ4v) is 6.09. The summed E-state index contributed by atoms with van der Waals surface area (Å²) in [6.07, 6.45) is 2.76. The van der Waals surface area contributed by atoms with Crippen molar-refractivity contribution < 1.29 is 39.0 Å². The smallest absolute Gasteiger partial charge is 0.348 e. The van der Waals surface area contributed by atoms with Gasteiger partial charge in [0, 0.05) is 36.5 Å². The van der Waals surface area contributed by atoms with Crippen LogP contribution >= 0.6 is 34.5 Å². The van der Waals surface area contributed by atoms with Gasteiger partial charge in [-0.3, -0.25) is 4.79 Å². The maximum absolute atomic E-state index is 13.5. The lowest BCUT2D eigenvalue weighted by Crippen LogP contribution is -2.29. The number of carbonyl (C=O) groups excluding carboxylic acids is 2. The molecule has 0 aliphatic carbocycles. The summed E-state index contributed by atoms with van der Waals surface area (Å²) in [5.41, 5.74) is 2.20. The molecule has 0 spiro atoms. The molecule has 0 aliphatic heterocycles. The van der Waals surface area contributed by atoms with Crippen LogP contribution in [0.2, 0.25) is 10.0 Å². The first-order valence-electron chi connectivity index (χ1n) is 14.6. The maximum atomic E-state index is 13.5. The second-order valence-electron chi connectivity index (χ2n) is 10.7. The molecule has 10 nitrogen and oxygen atoms in total. The number of nitrogens with zero attached hydrogens (tertiary/aromatic N) is 1. The number of thiophene rings is 1. The molecular formula is C34H39Cl2N3O7S. The highest BCUT2D eigenvalue weighted by Crippen LogP contribution is 2.35. The highest BCUT2D eigenvalue weighted by atomic mass is 35.5. The van der Waals surface area contributed by atoms with Gasteiger partial charge in [0.15, 0.2) is 23.9 Å². The molecule has 13 heteroatoms. The Balaban J connectivity index is 0.00000600. The molecule has 0 aliphatic rings. The van der Waals surface area contributed by atoms with Crippen LogP contribution in [0.15, 0.2) is 73.1 Å². The van der Waals surface area contributed by atoms with E-state index in [0.29, 0.717) is 63.8 Å². The van der Waals surface area contributed by atoms with Crippen LogP contribution in [0, 0.1) is 0 Å². The van der Waals surface area contributed by atoms with Crippen molar-refractivity contribution in [2.24, 2.45) is 0 Å². The Labute approximate surface area is 288 Å². The Kier molecular flexibility index (Phi) is 14.9. The highest BCUT2D eigenvalue weighted by Gasteiger charge is 2.25. The molecular weight excluding hydrogens is 665 g/mol. The van der Waals surface area contributed by atoms with Crippen LogP contribution in [-0.4, -0.2) is 70.3 Å². The molecule has 0 amide bonds. The van der Waals surface area contributed by atoms with Gasteiger partial charge in [0.2, 0.25) is 0 Å². The number of aromatic amines is 1. The number of methoxy groups -OCH3 is 2. The van der Waals surface area contributed by atoms with Crippen LogP contribution in [0.4, 0.5) is 0 Å². The van der Waals surface area contributed by atoms with E-state index in [4.69, 9.17) is 42.1 Å². The fourth-order valence-electron chi connectivity index (χ4n) is 4.70. The fraction of sp³-hybridized carbons (Fsp3) is 0.324. The summed E-state index contributed by atoms with van der Waals surface area (Å²) >= 11 is 14.2. The van der Waals surface area contributed by atoms with E-state index in [-0.39, 0.29) is 17.9 Å². The van der Waals surface area contributed by atoms with Crippen molar-refractivity contribution >= 4 is 46.5 Å². The zero-order valence-corrected chi connectivity index (χ0v) is 29.0. The van der Waals surface area contributed by atoms with Crippen molar-refractivity contribution in [3.05, 3.63) is 110 Å². The van der Waals surface area contributed by atoms with E-state index in [9.17, 15) is 9.59 Å². The molecule has 2 heterocycles. The molecule has 0 saturated heterocycles. The normalized spacial score (nSPS) is 12.1. The molecule has 252 valence electrons. The first-order valence-corrected chi connectivity index (χ1v) is 16.2. The van der Waals surface area contributed by atoms with Gasteiger partial charge in [-0.2, -0.15) is 0 Å². The van der Waals surface area contributed by atoms with Gasteiger partial charge in [-0.05, 0) is 49.5 Å². The second kappa shape index (κ2) is 18.6. The van der Waals surface area contributed by atoms with Gasteiger partial charge in [-0.15, -0.1) is 11.3 Å². The summed E-state index contributed by atoms with van der Waals surface area (Å²) < 4.78 is 22.5. The zero-order chi connectivity index (χ0) is 33.1. The van der Waals surface area contributed by atoms with E-state index < -0.39 is 18.0 Å². The number of nitrogens with one attached hydrogen (secondary N) is 2. The molecule has 4 aromatic rings. The molecule has 2 atom stereocenters. The Morgan fingerprint density at radius 2 is 1.64 bits per heavy atom. The number of ether oxygens (including phenoxy) is 4. The van der Waals surface area contributed by atoms with Gasteiger partial charge < -0.3 is 34.6 Å². The minimum absolute atomic E-state index is 0. The predicted molar refractivity (Wildman–Crippen MR) is 181 cm³/mol. The lowest BCUT2D eigenvalue weighted by atomic mass is 9.99. The first kappa shape index (κ1) is 37.7. The van der Waals surface area contributed by atoms with E-state index in [1.165, 1.54) is 11.3 Å². The zero-order valence-electron chi connectivity index (χ0n) is 26.6. The Bertz CT molecular complexity index is 1580. The summed E-state index contributed by atoms with van der Waals surface area (Å²) in [4.78, 5) is 32.6. The number of benzene rings is 2. The standard InChI is InChI=1S/C34H37Cl2N3O6S.H2O/c1-39(2)14-15-44-33(40)26(22-8-6-5-7-9-22)19-37-18-24-11-13-32(46-24)34(41)45-30(17-25-27(35)20-38-21-28(25)36)23-10-12-29(42-3)31(16-23)43-4;/h5-13,16,20-21,26,30,37H,14-15,17-19H2,1-4H3;1H2/t26?,30-;/m0./s1. The monoisotopic (exact) mass is 703 g/mol. The van der Waals surface area contributed by atoms with Crippen LogP contribution in [0.5, 0.6) is 11.5 Å². The molecule has 47 heavy (non-hydrogen) atoms. The number of halogens is 2. The minimum Gasteiger partial charge on any atom is -0.870 e. The molecule has 4 rings (SSSR count). The number of carbonyl (C=O) groups is 2. The molecule has 3 N–H and O–H groups in total. The molecule has 2 aromatic heterocycles. The number of aromatic nitrogens is 1. The Morgan fingerprint density at radius 1 is 0.936 bits per heavy atom. The lowest BCUT2D eigenvalue weighted by molar-refractivity contribution is -0.377. The first-order chi connectivity index (χ1) is 22.2. The number of rotatable bonds is 16. The Morgan fingerprint density at radius 3 is 2.30 bits per heavy atom. The van der Waals surface area contributed by atoms with Gasteiger partial charge in [0.25, 0.3) is 0 Å². The number of hydrogen-bond donors (Lipinski definition) is 1. The van der Waals surface area contributed by atoms with Gasteiger partial charge in [0.05, 0.1) is 20.1 Å². The average Bonchev–Trinajstić information content (AvgIpc) is 3.53. The predicted octanol–water partition coefficient (Wildman–Crippen LogP) is 5.83. The third-order valence-electron chi connectivity index (χ3n) is 7.19. The van der Waals surface area contributed by atoms with Crippen molar-refractivity contribution in [1.82, 2.24) is 10.2 Å². The summed E-state index contributed by atoms with van der Waals surface area (Å²) in [6.45, 7) is 1.79. The van der Waals surface area contributed by atoms with Crippen LogP contribution in [-0.2, 0) is 27.2 Å². The van der Waals surface area contributed by atoms with Gasteiger partial charge in [-0.1, -0.05) is 59.6 Å². The third kappa shape index (κ3) is 10.6. The number of pyridine rings is 1. The number of esters is 2. The second-order valence-corrected chi connectivity index (χ2v) is 12.7. The molecule has 1 unspecified atom stereocenters. The maximum Gasteiger partial charge on any atom is 0.348 e. The summed E-state index contributed by atoms with van der Waals surface area (Å²) in [5.74, 6) is -0.191. The van der Waals surface area contributed by atoms with Crippen LogP contribution in [0.3, 0.4) is 0 Å². The average molecular weight is 705 g/mol. The van der Waals surface area contributed by atoms with Crippen molar-refractivity contribution in [1.29, 1.82) is 0 Å². The molecule has 2 aromatic carbocycles. The van der Waals surface area contributed by atoms with E-state index in [1.807, 2.05) is 61.5 Å². The van der Waals surface area contributed by atoms with Crippen molar-refractivity contribution in [3.8, 4) is 11.5 Å². The van der Waals surface area contributed by atoms with Gasteiger partial charge in [0.1, 0.15) is 27.6 Å². The SMILES string of the molecule is COc1ccc([C@H](Cc2c(Cl)c[nH+]cc2Cl)OC(=O)c2ccc(CNCC(C(=O)OCCN(C)C)c3ccccc3)s2)cc1OC.[OH-]. The van der Waals surface area contributed by atoms with E-state index in [2.05, 4.69) is 10.3 Å². The summed E-state index contributed by atoms with van der Waals surface area (Å²) in [5, 5.41) is 4.21. The highest BCUT2D eigenvalue weighted by molar-refractivity contribution is 7.13. The van der Waals surface area contributed by atoms with Crippen molar-refractivity contribution in [2.45, 2.75) is 25.0 Å². The molecule has 0 radical (unpaired) electrons. The number of likely N-dealkylation sites (N-methyl/N-ethyl adjacent to an activating group) is 1. The minimum atomic E-state index is -0.724. The molecule has 0 saturated carbocycles. The van der Waals surface area contributed by atoms with Crippen LogP contribution in [0.1, 0.15) is 43.3 Å². The van der Waals surface area contributed by atoms with E-state index in [0.717, 1.165) is 10.4 Å². The topological polar surface area (TPSA) is 130 Å². The largest absolute Gasteiger partial charge is 0.870 e. The van der Waals surface area contributed by atoms with Crippen LogP contribution < -0.4 is 19.8 Å². The molecule has 0 bridgehead atoms. The number of hydrogen-bond acceptors (Lipinski definition) is 10. The third-order valence-corrected chi connectivity index (χ3v) is 8.93. The Hall–Kier alpha value is -3.71. The van der Waals surface area contributed by atoms with Crippen molar-refractivity contribution in [3.63, 3.8) is 0 Å². The van der Waals surface area contributed by atoms with Crippen molar-refractivity contribution in [2.75, 3.05) is 48.0 Å². The number of H-pyrrole nitrogens is 1. The van der Waals surface area contributed by atoms with E-state index >= 15 is 0 Å². The van der Waals surface area contributed by atoms with Gasteiger partial charge in [-0.25, -0.2) is 9.78 Å². The quantitative estimate of drug-likeness (QED) is 0.143. The van der Waals surface area contributed by atoms with Gasteiger partial charge >= 0.3 is 11.9 Å². The summed E-state index contributed by atoms with van der Waals surface area (Å²) in [6, 6.07) is 18.5. The molecule has 0 fully saturated rings. The van der Waals surface area contributed by atoms with Crippen LogP contribution in [0.25, 0.3) is 0 Å². The lowest BCUT2D eigenvalue weighted by Gasteiger charge is -2.20. The summed E-state index contributed by atoms with van der Waals surface area (Å²) in [7, 11) is 6.96. The van der Waals surface area contributed by atoms with E-state index in [1.54, 1.807) is 44.8 Å².